The van der Waals surface area contributed by atoms with E-state index in [-0.39, 0.29) is 12.4 Å². The topological polar surface area (TPSA) is 64.8 Å². The van der Waals surface area contributed by atoms with Crippen LogP contribution in [0, 0.1) is 11.8 Å². The van der Waals surface area contributed by atoms with Crippen LogP contribution in [-0.2, 0) is 11.3 Å². The number of rotatable bonds is 5. The summed E-state index contributed by atoms with van der Waals surface area (Å²) in [6.45, 7) is 6.84. The van der Waals surface area contributed by atoms with Crippen LogP contribution < -0.4 is 9.64 Å². The molecule has 2 unspecified atom stereocenters. The van der Waals surface area contributed by atoms with Crippen molar-refractivity contribution in [2.24, 2.45) is 11.8 Å². The fraction of sp³-hybridized carbons (Fsp3) is 0.391. The van der Waals surface area contributed by atoms with Crippen molar-refractivity contribution in [3.05, 3.63) is 54.0 Å². The molecule has 4 rings (SSSR count). The van der Waals surface area contributed by atoms with Crippen molar-refractivity contribution in [2.75, 3.05) is 25.1 Å². The molecule has 1 saturated heterocycles. The molecule has 0 radical (unpaired) electrons. The minimum atomic E-state index is -0.502. The summed E-state index contributed by atoms with van der Waals surface area (Å²) in [5.74, 6) is 3.21. The molecule has 152 valence electrons. The van der Waals surface area contributed by atoms with Gasteiger partial charge in [-0.1, -0.05) is 26.0 Å². The smallest absolute Gasteiger partial charge is 0.373 e. The van der Waals surface area contributed by atoms with E-state index < -0.39 is 5.97 Å². The number of fused-ring (bicyclic) bond motifs is 1. The number of esters is 1. The molecule has 2 atom stereocenters. The van der Waals surface area contributed by atoms with Gasteiger partial charge in [0.1, 0.15) is 29.5 Å². The second kappa shape index (κ2) is 8.15. The predicted molar refractivity (Wildman–Crippen MR) is 111 cm³/mol. The normalized spacial score (nSPS) is 19.3. The van der Waals surface area contributed by atoms with Crippen LogP contribution in [0.2, 0.25) is 0 Å². The Morgan fingerprint density at radius 3 is 2.69 bits per heavy atom. The second-order valence-corrected chi connectivity index (χ2v) is 7.89. The van der Waals surface area contributed by atoms with Gasteiger partial charge in [-0.3, -0.25) is 0 Å². The predicted octanol–water partition coefficient (Wildman–Crippen LogP) is 4.68. The van der Waals surface area contributed by atoms with E-state index in [4.69, 9.17) is 14.1 Å². The molecular weight excluding hydrogens is 368 g/mol. The van der Waals surface area contributed by atoms with Crippen LogP contribution in [0.15, 0.2) is 46.9 Å². The summed E-state index contributed by atoms with van der Waals surface area (Å²) in [6.07, 6.45) is 1.26. The largest absolute Gasteiger partial charge is 0.483 e. The Bertz CT molecular complexity index is 1000. The first-order valence-electron chi connectivity index (χ1n) is 9.98. The summed E-state index contributed by atoms with van der Waals surface area (Å²) in [5.41, 5.74) is 0.829. The van der Waals surface area contributed by atoms with Crippen molar-refractivity contribution in [1.82, 2.24) is 4.98 Å². The van der Waals surface area contributed by atoms with E-state index in [2.05, 4.69) is 35.6 Å². The van der Waals surface area contributed by atoms with Crippen LogP contribution in [0.3, 0.4) is 0 Å². The van der Waals surface area contributed by atoms with E-state index >= 15 is 0 Å². The van der Waals surface area contributed by atoms with Crippen molar-refractivity contribution in [2.45, 2.75) is 26.9 Å². The van der Waals surface area contributed by atoms with E-state index in [1.54, 1.807) is 12.1 Å². The van der Waals surface area contributed by atoms with Gasteiger partial charge in [-0.05, 0) is 48.6 Å². The lowest BCUT2D eigenvalue weighted by Gasteiger charge is -2.35. The molecular formula is C23H26N2O4. The first-order valence-corrected chi connectivity index (χ1v) is 9.98. The first kappa shape index (κ1) is 19.3. The van der Waals surface area contributed by atoms with Gasteiger partial charge in [0.15, 0.2) is 0 Å². The van der Waals surface area contributed by atoms with Crippen LogP contribution in [-0.4, -0.2) is 31.2 Å². The highest BCUT2D eigenvalue weighted by Gasteiger charge is 2.23. The molecule has 6 nitrogen and oxygen atoms in total. The summed E-state index contributed by atoms with van der Waals surface area (Å²) >= 11 is 0. The number of para-hydroxylation sites is 1. The summed E-state index contributed by atoms with van der Waals surface area (Å²) in [7, 11) is 1.32. The molecule has 3 aromatic rings. The van der Waals surface area contributed by atoms with Crippen molar-refractivity contribution >= 4 is 22.7 Å². The zero-order valence-corrected chi connectivity index (χ0v) is 17.1. The van der Waals surface area contributed by atoms with Crippen molar-refractivity contribution in [1.29, 1.82) is 0 Å². The number of aromatic nitrogens is 1. The van der Waals surface area contributed by atoms with E-state index in [1.165, 1.54) is 13.5 Å². The van der Waals surface area contributed by atoms with E-state index in [0.717, 1.165) is 29.8 Å². The van der Waals surface area contributed by atoms with Gasteiger partial charge < -0.3 is 18.8 Å². The Morgan fingerprint density at radius 1 is 1.14 bits per heavy atom. The lowest BCUT2D eigenvalue weighted by atomic mass is 9.92. The third-order valence-corrected chi connectivity index (χ3v) is 5.28. The molecule has 0 saturated carbocycles. The number of hydrogen-bond donors (Lipinski definition) is 0. The molecule has 0 aliphatic carbocycles. The van der Waals surface area contributed by atoms with Gasteiger partial charge in [0.25, 0.3) is 0 Å². The Morgan fingerprint density at radius 2 is 1.93 bits per heavy atom. The molecule has 0 bridgehead atoms. The van der Waals surface area contributed by atoms with E-state index in [1.807, 2.05) is 18.2 Å². The van der Waals surface area contributed by atoms with Gasteiger partial charge >= 0.3 is 5.97 Å². The Kier molecular flexibility index (Phi) is 5.43. The number of carbonyl (C=O) groups is 1. The van der Waals surface area contributed by atoms with Crippen molar-refractivity contribution in [3.8, 4) is 5.75 Å². The van der Waals surface area contributed by atoms with Crippen LogP contribution in [0.25, 0.3) is 10.9 Å². The summed E-state index contributed by atoms with van der Waals surface area (Å²) in [4.78, 5) is 18.8. The molecule has 1 aliphatic heterocycles. The number of ether oxygens (including phenoxy) is 2. The average Bonchev–Trinajstić information content (AvgIpc) is 3.19. The molecule has 29 heavy (non-hydrogen) atoms. The number of nitrogens with zero attached hydrogens (tertiary/aromatic N) is 2. The number of carbonyl (C=O) groups excluding carboxylic acids is 1. The maximum atomic E-state index is 11.5. The summed E-state index contributed by atoms with van der Waals surface area (Å²) in [5, 5.41) is 1.03. The molecule has 1 aromatic carbocycles. The fourth-order valence-electron chi connectivity index (χ4n) is 4.07. The Balaban J connectivity index is 1.56. The van der Waals surface area contributed by atoms with Gasteiger partial charge in [0.05, 0.1) is 7.11 Å². The Labute approximate surface area is 170 Å². The van der Waals surface area contributed by atoms with Crippen molar-refractivity contribution < 1.29 is 18.7 Å². The van der Waals surface area contributed by atoms with Crippen molar-refractivity contribution in [3.63, 3.8) is 0 Å². The molecule has 6 heteroatoms. The Hall–Kier alpha value is -3.02. The maximum absolute atomic E-state index is 11.5. The number of benzene rings is 1. The SMILES string of the molecule is COC(=O)c1ccc(COc2cccc3ccc(N4CC(C)CC(C)C4)nc23)o1. The number of methoxy groups -OCH3 is 1. The quantitative estimate of drug-likeness (QED) is 0.586. The minimum Gasteiger partial charge on any atom is -0.483 e. The monoisotopic (exact) mass is 394 g/mol. The molecule has 2 aromatic heterocycles. The molecule has 1 fully saturated rings. The number of pyridine rings is 1. The van der Waals surface area contributed by atoms with Crippen LogP contribution >= 0.6 is 0 Å². The zero-order valence-electron chi connectivity index (χ0n) is 17.1. The van der Waals surface area contributed by atoms with Gasteiger partial charge in [0.2, 0.25) is 5.76 Å². The fourth-order valence-corrected chi connectivity index (χ4v) is 4.07. The van der Waals surface area contributed by atoms with Gasteiger partial charge in [-0.25, -0.2) is 9.78 Å². The molecule has 0 spiro atoms. The lowest BCUT2D eigenvalue weighted by Crippen LogP contribution is -2.39. The third-order valence-electron chi connectivity index (χ3n) is 5.28. The highest BCUT2D eigenvalue weighted by molar-refractivity contribution is 5.86. The van der Waals surface area contributed by atoms with Gasteiger partial charge in [0, 0.05) is 18.5 Å². The number of hydrogen-bond acceptors (Lipinski definition) is 6. The standard InChI is InChI=1S/C23H26N2O4/c1-15-11-16(2)13-25(12-15)21-10-7-17-5-4-6-19(22(17)24-21)28-14-18-8-9-20(29-18)23(26)27-3/h4-10,15-16H,11-14H2,1-3H3. The van der Waals surface area contributed by atoms with Crippen LogP contribution in [0.1, 0.15) is 36.6 Å². The highest BCUT2D eigenvalue weighted by atomic mass is 16.5. The summed E-state index contributed by atoms with van der Waals surface area (Å²) < 4.78 is 16.1. The number of piperidine rings is 1. The van der Waals surface area contributed by atoms with Crippen LogP contribution in [0.4, 0.5) is 5.82 Å². The van der Waals surface area contributed by atoms with Gasteiger partial charge in [-0.15, -0.1) is 0 Å². The summed E-state index contributed by atoms with van der Waals surface area (Å²) in [6, 6.07) is 13.4. The molecule has 0 amide bonds. The minimum absolute atomic E-state index is 0.165. The number of furan rings is 1. The first-order chi connectivity index (χ1) is 14.0. The molecule has 1 aliphatic rings. The zero-order chi connectivity index (χ0) is 20.4. The average molecular weight is 394 g/mol. The van der Waals surface area contributed by atoms with E-state index in [0.29, 0.717) is 23.3 Å². The number of anilines is 1. The highest BCUT2D eigenvalue weighted by Crippen LogP contribution is 2.30. The molecule has 3 heterocycles. The second-order valence-electron chi connectivity index (χ2n) is 7.89. The van der Waals surface area contributed by atoms with Crippen LogP contribution in [0.5, 0.6) is 5.75 Å². The molecule has 0 N–H and O–H groups in total. The van der Waals surface area contributed by atoms with E-state index in [9.17, 15) is 4.79 Å². The maximum Gasteiger partial charge on any atom is 0.373 e. The lowest BCUT2D eigenvalue weighted by molar-refractivity contribution is 0.0561. The third kappa shape index (κ3) is 4.21. The van der Waals surface area contributed by atoms with Gasteiger partial charge in [-0.2, -0.15) is 0 Å².